The zero-order chi connectivity index (χ0) is 13.7. The fraction of sp³-hybridized carbons (Fsp3) is 0.312. The molecule has 0 fully saturated rings. The van der Waals surface area contributed by atoms with Crippen molar-refractivity contribution >= 4 is 22.6 Å². The maximum atomic E-state index is 4.22. The summed E-state index contributed by atoms with van der Waals surface area (Å²) in [4.78, 5) is 4.22. The van der Waals surface area contributed by atoms with Crippen LogP contribution < -0.4 is 5.32 Å². The van der Waals surface area contributed by atoms with Gasteiger partial charge in [0.05, 0.1) is 0 Å². The van der Waals surface area contributed by atoms with Gasteiger partial charge in [-0.3, -0.25) is 4.98 Å². The highest BCUT2D eigenvalue weighted by molar-refractivity contribution is 14.1. The average molecular weight is 366 g/mol. The van der Waals surface area contributed by atoms with Crippen molar-refractivity contribution in [1.82, 2.24) is 10.3 Å². The number of halogens is 1. The van der Waals surface area contributed by atoms with Crippen molar-refractivity contribution in [2.24, 2.45) is 0 Å². The van der Waals surface area contributed by atoms with E-state index in [-0.39, 0.29) is 0 Å². The van der Waals surface area contributed by atoms with Crippen LogP contribution in [-0.2, 0) is 12.8 Å². The molecule has 1 aromatic heterocycles. The Morgan fingerprint density at radius 2 is 1.95 bits per heavy atom. The Kier molecular flexibility index (Phi) is 5.34. The Morgan fingerprint density at radius 3 is 2.58 bits per heavy atom. The van der Waals surface area contributed by atoms with Gasteiger partial charge in [0.25, 0.3) is 0 Å². The van der Waals surface area contributed by atoms with Crippen LogP contribution >= 0.6 is 22.6 Å². The SMILES string of the molecule is CCc1cnccc1C(Cc1ccc(I)cc1)NC. The topological polar surface area (TPSA) is 24.9 Å². The molecule has 100 valence electrons. The van der Waals surface area contributed by atoms with Gasteiger partial charge in [-0.05, 0) is 77.4 Å². The zero-order valence-electron chi connectivity index (χ0n) is 11.4. The van der Waals surface area contributed by atoms with Crippen LogP contribution in [0, 0.1) is 3.57 Å². The molecule has 19 heavy (non-hydrogen) atoms. The van der Waals surface area contributed by atoms with Gasteiger partial charge >= 0.3 is 0 Å². The summed E-state index contributed by atoms with van der Waals surface area (Å²) >= 11 is 2.34. The van der Waals surface area contributed by atoms with Crippen LogP contribution in [0.2, 0.25) is 0 Å². The predicted molar refractivity (Wildman–Crippen MR) is 88.3 cm³/mol. The highest BCUT2D eigenvalue weighted by atomic mass is 127. The largest absolute Gasteiger partial charge is 0.313 e. The molecule has 0 aliphatic rings. The Morgan fingerprint density at radius 1 is 1.21 bits per heavy atom. The van der Waals surface area contributed by atoms with E-state index in [2.05, 4.69) is 70.1 Å². The first kappa shape index (κ1) is 14.5. The van der Waals surface area contributed by atoms with Gasteiger partial charge in [-0.2, -0.15) is 0 Å². The number of likely N-dealkylation sites (N-methyl/N-ethyl adjacent to an activating group) is 1. The molecule has 0 bridgehead atoms. The molecule has 0 spiro atoms. The third kappa shape index (κ3) is 3.76. The standard InChI is InChI=1S/C16H19IN2/c1-3-13-11-19-9-8-15(13)16(18-2)10-12-4-6-14(17)7-5-12/h4-9,11,16,18H,3,10H2,1-2H3. The van der Waals surface area contributed by atoms with Crippen LogP contribution in [0.5, 0.6) is 0 Å². The Labute approximate surface area is 128 Å². The second-order valence-corrected chi connectivity index (χ2v) is 5.85. The fourth-order valence-electron chi connectivity index (χ4n) is 2.30. The van der Waals surface area contributed by atoms with Crippen molar-refractivity contribution in [2.45, 2.75) is 25.8 Å². The summed E-state index contributed by atoms with van der Waals surface area (Å²) in [5.74, 6) is 0. The number of nitrogens with one attached hydrogen (secondary N) is 1. The number of benzene rings is 1. The van der Waals surface area contributed by atoms with Gasteiger partial charge in [0.2, 0.25) is 0 Å². The highest BCUT2D eigenvalue weighted by Gasteiger charge is 2.13. The first-order chi connectivity index (χ1) is 9.24. The smallest absolute Gasteiger partial charge is 0.0362 e. The third-order valence-electron chi connectivity index (χ3n) is 3.40. The van der Waals surface area contributed by atoms with E-state index in [9.17, 15) is 0 Å². The van der Waals surface area contributed by atoms with Gasteiger partial charge < -0.3 is 5.32 Å². The molecule has 2 rings (SSSR count). The van der Waals surface area contributed by atoms with E-state index < -0.39 is 0 Å². The normalized spacial score (nSPS) is 12.4. The molecule has 2 aromatic rings. The highest BCUT2D eigenvalue weighted by Crippen LogP contribution is 2.22. The quantitative estimate of drug-likeness (QED) is 0.816. The van der Waals surface area contributed by atoms with Gasteiger partial charge in [-0.1, -0.05) is 19.1 Å². The summed E-state index contributed by atoms with van der Waals surface area (Å²) in [6, 6.07) is 11.2. The van der Waals surface area contributed by atoms with E-state index in [1.165, 1.54) is 20.3 Å². The first-order valence-corrected chi connectivity index (χ1v) is 7.67. The van der Waals surface area contributed by atoms with Crippen LogP contribution in [0.25, 0.3) is 0 Å². The van der Waals surface area contributed by atoms with E-state index in [4.69, 9.17) is 0 Å². The second-order valence-electron chi connectivity index (χ2n) is 4.60. The summed E-state index contributed by atoms with van der Waals surface area (Å²) in [6.07, 6.45) is 5.89. The molecule has 3 heteroatoms. The van der Waals surface area contributed by atoms with Crippen molar-refractivity contribution in [3.8, 4) is 0 Å². The summed E-state index contributed by atoms with van der Waals surface area (Å²) in [5.41, 5.74) is 4.05. The molecule has 2 nitrogen and oxygen atoms in total. The molecule has 0 saturated heterocycles. The summed E-state index contributed by atoms with van der Waals surface area (Å²) < 4.78 is 1.28. The Balaban J connectivity index is 2.22. The number of nitrogens with zero attached hydrogens (tertiary/aromatic N) is 1. The first-order valence-electron chi connectivity index (χ1n) is 6.59. The number of hydrogen-bond acceptors (Lipinski definition) is 2. The lowest BCUT2D eigenvalue weighted by Gasteiger charge is -2.19. The van der Waals surface area contributed by atoms with Gasteiger partial charge in [0.15, 0.2) is 0 Å². The second kappa shape index (κ2) is 7.01. The van der Waals surface area contributed by atoms with Crippen molar-refractivity contribution in [2.75, 3.05) is 7.05 Å². The zero-order valence-corrected chi connectivity index (χ0v) is 13.5. The van der Waals surface area contributed by atoms with Crippen LogP contribution in [0.1, 0.15) is 29.7 Å². The van der Waals surface area contributed by atoms with Crippen molar-refractivity contribution in [3.63, 3.8) is 0 Å². The summed E-state index contributed by atoms with van der Waals surface area (Å²) in [5, 5.41) is 3.43. The molecule has 1 atom stereocenters. The molecular formula is C16H19IN2. The number of aryl methyl sites for hydroxylation is 1. The number of rotatable bonds is 5. The van der Waals surface area contributed by atoms with Crippen LogP contribution in [-0.4, -0.2) is 12.0 Å². The van der Waals surface area contributed by atoms with E-state index >= 15 is 0 Å². The molecule has 0 aliphatic heterocycles. The van der Waals surface area contributed by atoms with Crippen molar-refractivity contribution in [3.05, 3.63) is 63.0 Å². The molecule has 0 saturated carbocycles. The summed E-state index contributed by atoms with van der Waals surface area (Å²) in [7, 11) is 2.03. The Bertz CT molecular complexity index is 523. The van der Waals surface area contributed by atoms with Crippen molar-refractivity contribution in [1.29, 1.82) is 0 Å². The molecule has 0 amide bonds. The molecule has 1 aromatic carbocycles. The van der Waals surface area contributed by atoms with Gasteiger partial charge in [-0.15, -0.1) is 0 Å². The lowest BCUT2D eigenvalue weighted by Crippen LogP contribution is -2.20. The molecule has 1 N–H and O–H groups in total. The van der Waals surface area contributed by atoms with Crippen LogP contribution in [0.15, 0.2) is 42.7 Å². The van der Waals surface area contributed by atoms with E-state index in [0.717, 1.165) is 12.8 Å². The minimum Gasteiger partial charge on any atom is -0.313 e. The summed E-state index contributed by atoms with van der Waals surface area (Å²) in [6.45, 7) is 2.18. The fourth-order valence-corrected chi connectivity index (χ4v) is 2.66. The number of aromatic nitrogens is 1. The van der Waals surface area contributed by atoms with E-state index in [0.29, 0.717) is 6.04 Å². The minimum absolute atomic E-state index is 0.345. The molecule has 0 aliphatic carbocycles. The minimum atomic E-state index is 0.345. The Hall–Kier alpha value is -0.940. The van der Waals surface area contributed by atoms with Crippen molar-refractivity contribution < 1.29 is 0 Å². The van der Waals surface area contributed by atoms with Gasteiger partial charge in [0.1, 0.15) is 0 Å². The molecular weight excluding hydrogens is 347 g/mol. The monoisotopic (exact) mass is 366 g/mol. The lowest BCUT2D eigenvalue weighted by molar-refractivity contribution is 0.586. The maximum Gasteiger partial charge on any atom is 0.0362 e. The van der Waals surface area contributed by atoms with Crippen LogP contribution in [0.3, 0.4) is 0 Å². The molecule has 0 radical (unpaired) electrons. The van der Waals surface area contributed by atoms with E-state index in [1.54, 1.807) is 0 Å². The predicted octanol–water partition coefficient (Wildman–Crippen LogP) is 3.75. The van der Waals surface area contributed by atoms with Crippen LogP contribution in [0.4, 0.5) is 0 Å². The maximum absolute atomic E-state index is 4.22. The molecule has 1 unspecified atom stereocenters. The van der Waals surface area contributed by atoms with Gasteiger partial charge in [0, 0.05) is 22.0 Å². The molecule has 1 heterocycles. The number of hydrogen-bond donors (Lipinski definition) is 1. The lowest BCUT2D eigenvalue weighted by atomic mass is 9.95. The van der Waals surface area contributed by atoms with Gasteiger partial charge in [-0.25, -0.2) is 0 Å². The average Bonchev–Trinajstić information content (AvgIpc) is 2.46. The third-order valence-corrected chi connectivity index (χ3v) is 4.12. The number of pyridine rings is 1. The van der Waals surface area contributed by atoms with E-state index in [1.807, 2.05) is 19.4 Å².